The third-order valence-corrected chi connectivity index (χ3v) is 3.64. The standard InChI is InChI=1S/C18H18O3/c19-13-15-9-6-10-16(14-7-2-1-3-8-14)18(15)21-17-11-4-5-12-20-17/h1-3,6-10,13,17H,4-5,11-12H2. The zero-order chi connectivity index (χ0) is 14.5. The van der Waals surface area contributed by atoms with Crippen LogP contribution in [0.2, 0.25) is 0 Å². The molecule has 21 heavy (non-hydrogen) atoms. The van der Waals surface area contributed by atoms with E-state index >= 15 is 0 Å². The largest absolute Gasteiger partial charge is 0.464 e. The Bertz CT molecular complexity index is 601. The number of benzene rings is 2. The third kappa shape index (κ3) is 3.14. The van der Waals surface area contributed by atoms with Crippen LogP contribution in [-0.4, -0.2) is 19.2 Å². The Morgan fingerprint density at radius 2 is 1.90 bits per heavy atom. The van der Waals surface area contributed by atoms with Gasteiger partial charge < -0.3 is 9.47 Å². The number of carbonyl (C=O) groups is 1. The lowest BCUT2D eigenvalue weighted by atomic mass is 10.0. The molecule has 0 aliphatic carbocycles. The normalized spacial score (nSPS) is 18.2. The second-order valence-electron chi connectivity index (χ2n) is 5.12. The fourth-order valence-electron chi connectivity index (χ4n) is 2.56. The molecule has 0 saturated carbocycles. The molecule has 2 aromatic carbocycles. The summed E-state index contributed by atoms with van der Waals surface area (Å²) in [6.45, 7) is 0.717. The monoisotopic (exact) mass is 282 g/mol. The van der Waals surface area contributed by atoms with Crippen LogP contribution < -0.4 is 4.74 Å². The Morgan fingerprint density at radius 3 is 2.62 bits per heavy atom. The fourth-order valence-corrected chi connectivity index (χ4v) is 2.56. The van der Waals surface area contributed by atoms with Crippen LogP contribution in [0.3, 0.4) is 0 Å². The van der Waals surface area contributed by atoms with Gasteiger partial charge in [-0.3, -0.25) is 4.79 Å². The van der Waals surface area contributed by atoms with Crippen LogP contribution in [0.15, 0.2) is 48.5 Å². The van der Waals surface area contributed by atoms with E-state index in [0.29, 0.717) is 17.9 Å². The van der Waals surface area contributed by atoms with Crippen LogP contribution in [0.4, 0.5) is 0 Å². The highest BCUT2D eigenvalue weighted by atomic mass is 16.7. The van der Waals surface area contributed by atoms with E-state index in [-0.39, 0.29) is 6.29 Å². The van der Waals surface area contributed by atoms with Crippen LogP contribution in [0, 0.1) is 0 Å². The Labute approximate surface area is 124 Å². The molecule has 2 aromatic rings. The van der Waals surface area contributed by atoms with Crippen molar-refractivity contribution >= 4 is 6.29 Å². The summed E-state index contributed by atoms with van der Waals surface area (Å²) >= 11 is 0. The number of ether oxygens (including phenoxy) is 2. The van der Waals surface area contributed by atoms with Crippen molar-refractivity contribution in [3.05, 3.63) is 54.1 Å². The van der Waals surface area contributed by atoms with Crippen LogP contribution in [-0.2, 0) is 4.74 Å². The molecule has 3 rings (SSSR count). The highest BCUT2D eigenvalue weighted by Crippen LogP contribution is 2.34. The van der Waals surface area contributed by atoms with E-state index in [1.165, 1.54) is 0 Å². The summed E-state index contributed by atoms with van der Waals surface area (Å²) in [7, 11) is 0. The third-order valence-electron chi connectivity index (χ3n) is 3.64. The minimum Gasteiger partial charge on any atom is -0.464 e. The first kappa shape index (κ1) is 13.8. The number of aldehydes is 1. The molecule has 1 saturated heterocycles. The molecule has 0 spiro atoms. The van der Waals surface area contributed by atoms with E-state index in [1.807, 2.05) is 42.5 Å². The van der Waals surface area contributed by atoms with Crippen molar-refractivity contribution in [2.75, 3.05) is 6.61 Å². The fraction of sp³-hybridized carbons (Fsp3) is 0.278. The lowest BCUT2D eigenvalue weighted by molar-refractivity contribution is -0.105. The average Bonchev–Trinajstić information content (AvgIpc) is 2.57. The molecule has 1 aliphatic heterocycles. The maximum atomic E-state index is 11.3. The van der Waals surface area contributed by atoms with Gasteiger partial charge >= 0.3 is 0 Å². The van der Waals surface area contributed by atoms with Gasteiger partial charge in [-0.05, 0) is 24.5 Å². The van der Waals surface area contributed by atoms with Gasteiger partial charge in [0.05, 0.1) is 12.2 Å². The van der Waals surface area contributed by atoms with Crippen molar-refractivity contribution in [2.24, 2.45) is 0 Å². The van der Waals surface area contributed by atoms with Gasteiger partial charge in [0.15, 0.2) is 12.6 Å². The predicted molar refractivity (Wildman–Crippen MR) is 81.5 cm³/mol. The molecule has 0 amide bonds. The molecule has 0 aromatic heterocycles. The van der Waals surface area contributed by atoms with E-state index in [0.717, 1.165) is 36.7 Å². The van der Waals surface area contributed by atoms with Crippen LogP contribution in [0.1, 0.15) is 29.6 Å². The van der Waals surface area contributed by atoms with Crippen LogP contribution >= 0.6 is 0 Å². The average molecular weight is 282 g/mol. The number of carbonyl (C=O) groups excluding carboxylic acids is 1. The van der Waals surface area contributed by atoms with Crippen molar-refractivity contribution in [1.29, 1.82) is 0 Å². The Kier molecular flexibility index (Phi) is 4.31. The number of hydrogen-bond acceptors (Lipinski definition) is 3. The lowest BCUT2D eigenvalue weighted by Crippen LogP contribution is -2.25. The van der Waals surface area contributed by atoms with Gasteiger partial charge in [0.25, 0.3) is 0 Å². The Morgan fingerprint density at radius 1 is 1.05 bits per heavy atom. The molecule has 1 fully saturated rings. The number of hydrogen-bond donors (Lipinski definition) is 0. The lowest BCUT2D eigenvalue weighted by Gasteiger charge is -2.25. The van der Waals surface area contributed by atoms with Crippen molar-refractivity contribution in [2.45, 2.75) is 25.6 Å². The van der Waals surface area contributed by atoms with Gasteiger partial charge in [-0.25, -0.2) is 0 Å². The highest BCUT2D eigenvalue weighted by molar-refractivity contribution is 5.86. The van der Waals surface area contributed by atoms with Crippen molar-refractivity contribution < 1.29 is 14.3 Å². The van der Waals surface area contributed by atoms with E-state index in [1.54, 1.807) is 6.07 Å². The predicted octanol–water partition coefficient (Wildman–Crippen LogP) is 4.07. The van der Waals surface area contributed by atoms with E-state index < -0.39 is 0 Å². The molecule has 0 N–H and O–H groups in total. The highest BCUT2D eigenvalue weighted by Gasteiger charge is 2.19. The Hall–Kier alpha value is -2.13. The molecule has 3 heteroatoms. The maximum absolute atomic E-state index is 11.3. The van der Waals surface area contributed by atoms with Crippen molar-refractivity contribution in [1.82, 2.24) is 0 Å². The zero-order valence-electron chi connectivity index (χ0n) is 11.8. The molecule has 1 aliphatic rings. The first-order chi connectivity index (χ1) is 10.4. The summed E-state index contributed by atoms with van der Waals surface area (Å²) in [5.41, 5.74) is 2.52. The SMILES string of the molecule is O=Cc1cccc(-c2ccccc2)c1OC1CCCCO1. The summed E-state index contributed by atoms with van der Waals surface area (Å²) in [5.74, 6) is 0.616. The first-order valence-electron chi connectivity index (χ1n) is 7.30. The topological polar surface area (TPSA) is 35.5 Å². The number of rotatable bonds is 4. The van der Waals surface area contributed by atoms with Gasteiger partial charge in [0.1, 0.15) is 5.75 Å². The molecular weight excluding hydrogens is 264 g/mol. The van der Waals surface area contributed by atoms with Gasteiger partial charge in [-0.1, -0.05) is 42.5 Å². The molecule has 108 valence electrons. The smallest absolute Gasteiger partial charge is 0.199 e. The number of para-hydroxylation sites is 1. The molecule has 1 atom stereocenters. The molecule has 1 unspecified atom stereocenters. The summed E-state index contributed by atoms with van der Waals surface area (Å²) in [6.07, 6.45) is 3.60. The van der Waals surface area contributed by atoms with Crippen LogP contribution in [0.5, 0.6) is 5.75 Å². The minimum atomic E-state index is -0.262. The van der Waals surface area contributed by atoms with Crippen LogP contribution in [0.25, 0.3) is 11.1 Å². The molecule has 0 radical (unpaired) electrons. The van der Waals surface area contributed by atoms with E-state index in [4.69, 9.17) is 9.47 Å². The minimum absolute atomic E-state index is 0.262. The van der Waals surface area contributed by atoms with Gasteiger partial charge in [0.2, 0.25) is 0 Å². The molecule has 0 bridgehead atoms. The second kappa shape index (κ2) is 6.55. The summed E-state index contributed by atoms with van der Waals surface area (Å²) in [6, 6.07) is 15.6. The van der Waals surface area contributed by atoms with Crippen molar-refractivity contribution in [3.63, 3.8) is 0 Å². The summed E-state index contributed by atoms with van der Waals surface area (Å²) in [5, 5.41) is 0. The van der Waals surface area contributed by atoms with Gasteiger partial charge in [-0.15, -0.1) is 0 Å². The quantitative estimate of drug-likeness (QED) is 0.793. The van der Waals surface area contributed by atoms with E-state index in [9.17, 15) is 4.79 Å². The Balaban J connectivity index is 1.97. The van der Waals surface area contributed by atoms with Crippen molar-refractivity contribution in [3.8, 4) is 16.9 Å². The molecule has 3 nitrogen and oxygen atoms in total. The second-order valence-corrected chi connectivity index (χ2v) is 5.12. The maximum Gasteiger partial charge on any atom is 0.199 e. The van der Waals surface area contributed by atoms with Gasteiger partial charge in [0, 0.05) is 12.0 Å². The first-order valence-corrected chi connectivity index (χ1v) is 7.30. The zero-order valence-corrected chi connectivity index (χ0v) is 11.8. The van der Waals surface area contributed by atoms with E-state index in [2.05, 4.69) is 0 Å². The molecular formula is C18H18O3. The van der Waals surface area contributed by atoms with Gasteiger partial charge in [-0.2, -0.15) is 0 Å². The summed E-state index contributed by atoms with van der Waals surface area (Å²) < 4.78 is 11.6. The summed E-state index contributed by atoms with van der Waals surface area (Å²) in [4.78, 5) is 11.3. The molecule has 1 heterocycles.